The molecule has 0 spiro atoms. The van der Waals surface area contributed by atoms with Crippen molar-refractivity contribution in [2.75, 3.05) is 5.73 Å². The van der Waals surface area contributed by atoms with Crippen LogP contribution >= 0.6 is 0 Å². The molecule has 94 valence electrons. The highest BCUT2D eigenvalue weighted by Crippen LogP contribution is 2.40. The molecule has 0 aliphatic heterocycles. The summed E-state index contributed by atoms with van der Waals surface area (Å²) in [5.41, 5.74) is 8.54. The Morgan fingerprint density at radius 1 is 1.22 bits per heavy atom. The molecule has 0 atom stereocenters. The van der Waals surface area contributed by atoms with Crippen molar-refractivity contribution in [1.29, 1.82) is 0 Å². The van der Waals surface area contributed by atoms with E-state index in [1.807, 2.05) is 13.1 Å². The highest BCUT2D eigenvalue weighted by Gasteiger charge is 2.29. The summed E-state index contributed by atoms with van der Waals surface area (Å²) >= 11 is 0. The average Bonchev–Trinajstić information content (AvgIpc) is 3.19. The fourth-order valence-electron chi connectivity index (χ4n) is 2.39. The third-order valence-electron chi connectivity index (χ3n) is 3.69. The highest BCUT2D eigenvalue weighted by molar-refractivity contribution is 5.40. The number of rotatable bonds is 4. The van der Waals surface area contributed by atoms with Gasteiger partial charge >= 0.3 is 0 Å². The normalized spacial score (nSPS) is 14.9. The highest BCUT2D eigenvalue weighted by atomic mass is 15.1. The second-order valence-electron chi connectivity index (χ2n) is 5.12. The van der Waals surface area contributed by atoms with Gasteiger partial charge in [0.2, 0.25) is 0 Å². The monoisotopic (exact) mass is 241 g/mol. The number of nitrogen functional groups attached to an aromatic ring is 1. The van der Waals surface area contributed by atoms with Crippen LogP contribution in [0.3, 0.4) is 0 Å². The molecule has 1 heterocycles. The Hall–Kier alpha value is -1.77. The van der Waals surface area contributed by atoms with Crippen LogP contribution in [0.5, 0.6) is 0 Å². The van der Waals surface area contributed by atoms with E-state index in [0.717, 1.165) is 24.4 Å². The van der Waals surface area contributed by atoms with E-state index < -0.39 is 0 Å². The van der Waals surface area contributed by atoms with E-state index in [2.05, 4.69) is 28.8 Å². The Kier molecular flexibility index (Phi) is 2.82. The minimum atomic E-state index is 0.655. The average molecular weight is 241 g/mol. The minimum absolute atomic E-state index is 0.655. The molecule has 0 bridgehead atoms. The number of aromatic nitrogens is 2. The maximum atomic E-state index is 6.13. The van der Waals surface area contributed by atoms with Gasteiger partial charge in [0, 0.05) is 13.0 Å². The van der Waals surface area contributed by atoms with Crippen molar-refractivity contribution in [3.63, 3.8) is 0 Å². The van der Waals surface area contributed by atoms with Gasteiger partial charge < -0.3 is 10.3 Å². The lowest BCUT2D eigenvalue weighted by molar-refractivity contribution is 0.805. The summed E-state index contributed by atoms with van der Waals surface area (Å²) in [5.74, 6) is 2.67. The molecular formula is C15H19N3. The Bertz CT molecular complexity index is 538. The van der Waals surface area contributed by atoms with E-state index in [9.17, 15) is 0 Å². The summed E-state index contributed by atoms with van der Waals surface area (Å²) < 4.78 is 2.07. The van der Waals surface area contributed by atoms with Gasteiger partial charge in [-0.05, 0) is 31.2 Å². The fraction of sp³-hybridized carbons (Fsp3) is 0.400. The fourth-order valence-corrected chi connectivity index (χ4v) is 2.39. The van der Waals surface area contributed by atoms with Gasteiger partial charge in [-0.2, -0.15) is 0 Å². The molecule has 3 rings (SSSR count). The van der Waals surface area contributed by atoms with Crippen molar-refractivity contribution in [1.82, 2.24) is 9.55 Å². The molecule has 3 nitrogen and oxygen atoms in total. The molecule has 0 amide bonds. The molecule has 2 N–H and O–H groups in total. The molecule has 2 aromatic rings. The first-order valence-corrected chi connectivity index (χ1v) is 6.60. The topological polar surface area (TPSA) is 43.8 Å². The van der Waals surface area contributed by atoms with Gasteiger partial charge in [-0.1, -0.05) is 30.3 Å². The summed E-state index contributed by atoms with van der Waals surface area (Å²) in [6, 6.07) is 10.5. The Balaban J connectivity index is 1.75. The number of nitrogens with two attached hydrogens (primary N) is 1. The summed E-state index contributed by atoms with van der Waals surface area (Å²) in [6.07, 6.45) is 4.47. The lowest BCUT2D eigenvalue weighted by atomic mass is 10.1. The first-order chi connectivity index (χ1) is 8.75. The van der Waals surface area contributed by atoms with Crippen molar-refractivity contribution in [3.05, 3.63) is 47.4 Å². The molecule has 1 aliphatic carbocycles. The van der Waals surface area contributed by atoms with Crippen molar-refractivity contribution >= 4 is 5.82 Å². The molecule has 0 saturated heterocycles. The van der Waals surface area contributed by atoms with Gasteiger partial charge in [0.05, 0.1) is 5.69 Å². The van der Waals surface area contributed by atoms with Crippen LogP contribution in [0.25, 0.3) is 0 Å². The number of hydrogen-bond donors (Lipinski definition) is 1. The molecule has 1 fully saturated rings. The molecule has 1 aromatic heterocycles. The van der Waals surface area contributed by atoms with E-state index in [1.54, 1.807) is 0 Å². The van der Waals surface area contributed by atoms with Gasteiger partial charge in [0.1, 0.15) is 11.6 Å². The summed E-state index contributed by atoms with van der Waals surface area (Å²) in [7, 11) is 2.03. The van der Waals surface area contributed by atoms with Crippen LogP contribution in [-0.2, 0) is 19.9 Å². The van der Waals surface area contributed by atoms with Crippen LogP contribution in [0.15, 0.2) is 30.3 Å². The van der Waals surface area contributed by atoms with Crippen LogP contribution in [0, 0.1) is 0 Å². The standard InChI is InChI=1S/C15H19N3/c1-18-14(16)13(17-15(18)12-8-9-12)10-7-11-5-3-2-4-6-11/h2-6,12H,7-10,16H2,1H3. The Morgan fingerprint density at radius 3 is 2.61 bits per heavy atom. The van der Waals surface area contributed by atoms with Gasteiger partial charge in [0.25, 0.3) is 0 Å². The van der Waals surface area contributed by atoms with Crippen LogP contribution in [-0.4, -0.2) is 9.55 Å². The smallest absolute Gasteiger partial charge is 0.126 e. The van der Waals surface area contributed by atoms with Crippen LogP contribution in [0.4, 0.5) is 5.82 Å². The zero-order valence-electron chi connectivity index (χ0n) is 10.8. The number of nitrogens with zero attached hydrogens (tertiary/aromatic N) is 2. The maximum Gasteiger partial charge on any atom is 0.126 e. The first kappa shape index (κ1) is 11.3. The van der Waals surface area contributed by atoms with Gasteiger partial charge in [-0.3, -0.25) is 0 Å². The molecule has 3 heteroatoms. The van der Waals surface area contributed by atoms with Crippen LogP contribution in [0.2, 0.25) is 0 Å². The lowest BCUT2D eigenvalue weighted by Gasteiger charge is -2.01. The summed E-state index contributed by atoms with van der Waals surface area (Å²) in [6.45, 7) is 0. The number of aryl methyl sites for hydroxylation is 2. The molecule has 1 saturated carbocycles. The number of benzene rings is 1. The third kappa shape index (κ3) is 2.13. The van der Waals surface area contributed by atoms with Gasteiger partial charge in [0.15, 0.2) is 0 Å². The maximum absolute atomic E-state index is 6.13. The van der Waals surface area contributed by atoms with Crippen LogP contribution < -0.4 is 5.73 Å². The first-order valence-electron chi connectivity index (χ1n) is 6.60. The minimum Gasteiger partial charge on any atom is -0.384 e. The van der Waals surface area contributed by atoms with Gasteiger partial charge in [-0.15, -0.1) is 0 Å². The third-order valence-corrected chi connectivity index (χ3v) is 3.69. The predicted octanol–water partition coefficient (Wildman–Crippen LogP) is 2.66. The van der Waals surface area contributed by atoms with Crippen LogP contribution in [0.1, 0.15) is 35.8 Å². The zero-order chi connectivity index (χ0) is 12.5. The van der Waals surface area contributed by atoms with E-state index in [0.29, 0.717) is 5.92 Å². The quantitative estimate of drug-likeness (QED) is 0.894. The predicted molar refractivity (Wildman–Crippen MR) is 73.4 cm³/mol. The van der Waals surface area contributed by atoms with Crippen molar-refractivity contribution in [2.24, 2.45) is 7.05 Å². The molecule has 0 radical (unpaired) electrons. The van der Waals surface area contributed by atoms with E-state index in [4.69, 9.17) is 10.7 Å². The Morgan fingerprint density at radius 2 is 1.94 bits per heavy atom. The molecule has 1 aromatic carbocycles. The second-order valence-corrected chi connectivity index (χ2v) is 5.12. The van der Waals surface area contributed by atoms with Gasteiger partial charge in [-0.25, -0.2) is 4.98 Å². The largest absolute Gasteiger partial charge is 0.384 e. The molecule has 1 aliphatic rings. The van der Waals surface area contributed by atoms with Crippen molar-refractivity contribution < 1.29 is 0 Å². The lowest BCUT2D eigenvalue weighted by Crippen LogP contribution is -2.01. The number of hydrogen-bond acceptors (Lipinski definition) is 2. The molecule has 0 unspecified atom stereocenters. The van der Waals surface area contributed by atoms with E-state index in [-0.39, 0.29) is 0 Å². The van der Waals surface area contributed by atoms with Crippen molar-refractivity contribution in [2.45, 2.75) is 31.6 Å². The summed E-state index contributed by atoms with van der Waals surface area (Å²) in [4.78, 5) is 4.72. The summed E-state index contributed by atoms with van der Waals surface area (Å²) in [5, 5.41) is 0. The zero-order valence-corrected chi connectivity index (χ0v) is 10.8. The SMILES string of the molecule is Cn1c(C2CC2)nc(CCc2ccccc2)c1N. The van der Waals surface area contributed by atoms with Crippen molar-refractivity contribution in [3.8, 4) is 0 Å². The van der Waals surface area contributed by atoms with E-state index >= 15 is 0 Å². The number of anilines is 1. The molecule has 18 heavy (non-hydrogen) atoms. The Labute approximate surface area is 108 Å². The second kappa shape index (κ2) is 4.48. The molecular weight excluding hydrogens is 222 g/mol. The number of imidazole rings is 1. The van der Waals surface area contributed by atoms with E-state index in [1.165, 1.54) is 24.2 Å².